The van der Waals surface area contributed by atoms with Crippen molar-refractivity contribution in [2.75, 3.05) is 0 Å². The lowest BCUT2D eigenvalue weighted by atomic mass is 10.6. The van der Waals surface area contributed by atoms with Crippen LogP contribution in [0.25, 0.3) is 0 Å². The molecule has 0 aliphatic rings. The SMILES string of the molecule is C=CC(F)(Cl)OC(C)=O. The van der Waals surface area contributed by atoms with Gasteiger partial charge in [-0.15, -0.1) is 0 Å². The molecule has 0 aromatic carbocycles. The molecule has 0 heterocycles. The van der Waals surface area contributed by atoms with Gasteiger partial charge in [-0.25, -0.2) is 0 Å². The van der Waals surface area contributed by atoms with E-state index < -0.39 is 11.3 Å². The van der Waals surface area contributed by atoms with Crippen LogP contribution in [0.5, 0.6) is 0 Å². The molecular weight excluding hydrogens is 147 g/mol. The highest BCUT2D eigenvalue weighted by molar-refractivity contribution is 6.23. The highest BCUT2D eigenvalue weighted by atomic mass is 35.5. The predicted molar refractivity (Wildman–Crippen MR) is 31.7 cm³/mol. The standard InChI is InChI=1S/C5H6ClFO2/c1-3-5(6,7)9-4(2)8/h3H,1H2,2H3. The third-order valence-corrected chi connectivity index (χ3v) is 0.749. The van der Waals surface area contributed by atoms with Crippen LogP contribution in [-0.2, 0) is 9.53 Å². The highest BCUT2D eigenvalue weighted by Gasteiger charge is 2.24. The molecule has 1 unspecified atom stereocenters. The summed E-state index contributed by atoms with van der Waals surface area (Å²) in [6, 6.07) is 0. The van der Waals surface area contributed by atoms with Crippen LogP contribution in [0.15, 0.2) is 12.7 Å². The van der Waals surface area contributed by atoms with E-state index in [-0.39, 0.29) is 0 Å². The van der Waals surface area contributed by atoms with E-state index in [1.807, 2.05) is 0 Å². The quantitative estimate of drug-likeness (QED) is 0.341. The second kappa shape index (κ2) is 2.82. The van der Waals surface area contributed by atoms with Crippen molar-refractivity contribution in [3.63, 3.8) is 0 Å². The molecule has 0 rings (SSSR count). The fourth-order valence-corrected chi connectivity index (χ4v) is 0.342. The molecule has 0 aromatic heterocycles. The molecule has 0 bridgehead atoms. The summed E-state index contributed by atoms with van der Waals surface area (Å²) in [5.41, 5.74) is 0. The van der Waals surface area contributed by atoms with Gasteiger partial charge in [0, 0.05) is 13.0 Å². The summed E-state index contributed by atoms with van der Waals surface area (Å²) in [6.45, 7) is 4.06. The van der Waals surface area contributed by atoms with Gasteiger partial charge in [0.25, 0.3) is 0 Å². The van der Waals surface area contributed by atoms with E-state index in [0.717, 1.165) is 6.92 Å². The van der Waals surface area contributed by atoms with Crippen LogP contribution in [-0.4, -0.2) is 11.3 Å². The van der Waals surface area contributed by atoms with E-state index in [1.54, 1.807) is 0 Å². The Morgan fingerprint density at radius 3 is 2.56 bits per heavy atom. The van der Waals surface area contributed by atoms with Gasteiger partial charge < -0.3 is 4.74 Å². The zero-order chi connectivity index (χ0) is 7.49. The van der Waals surface area contributed by atoms with E-state index in [2.05, 4.69) is 11.3 Å². The second-order valence-electron chi connectivity index (χ2n) is 1.36. The van der Waals surface area contributed by atoms with Crippen LogP contribution in [0, 0.1) is 0 Å². The lowest BCUT2D eigenvalue weighted by Crippen LogP contribution is -2.18. The van der Waals surface area contributed by atoms with Gasteiger partial charge in [-0.3, -0.25) is 4.79 Å². The van der Waals surface area contributed by atoms with Gasteiger partial charge in [-0.05, 0) is 11.6 Å². The summed E-state index contributed by atoms with van der Waals surface area (Å²) < 4.78 is 16.2. The summed E-state index contributed by atoms with van der Waals surface area (Å²) in [7, 11) is 0. The van der Waals surface area contributed by atoms with Crippen LogP contribution in [0.3, 0.4) is 0 Å². The summed E-state index contributed by atoms with van der Waals surface area (Å²) in [6.07, 6.45) is 0.690. The molecule has 4 heteroatoms. The Morgan fingerprint density at radius 1 is 2.00 bits per heavy atom. The molecule has 0 aliphatic heterocycles. The molecule has 0 amide bonds. The number of alkyl halides is 2. The molecule has 0 spiro atoms. The summed E-state index contributed by atoms with van der Waals surface area (Å²) >= 11 is 4.89. The maximum absolute atomic E-state index is 12.3. The third kappa shape index (κ3) is 3.97. The lowest BCUT2D eigenvalue weighted by Gasteiger charge is -2.10. The van der Waals surface area contributed by atoms with Crippen molar-refractivity contribution >= 4 is 17.6 Å². The number of halogens is 2. The molecule has 0 fully saturated rings. The second-order valence-corrected chi connectivity index (χ2v) is 1.87. The van der Waals surface area contributed by atoms with Crippen molar-refractivity contribution in [3.8, 4) is 0 Å². The Bertz CT molecular complexity index is 133. The Labute approximate surface area is 57.3 Å². The topological polar surface area (TPSA) is 26.3 Å². The van der Waals surface area contributed by atoms with Crippen LogP contribution >= 0.6 is 11.6 Å². The number of rotatable bonds is 2. The molecule has 0 aromatic rings. The average molecular weight is 153 g/mol. The normalized spacial score (nSPS) is 15.9. The van der Waals surface area contributed by atoms with Crippen molar-refractivity contribution in [1.82, 2.24) is 0 Å². The maximum atomic E-state index is 12.3. The average Bonchev–Trinajstić information content (AvgIpc) is 1.63. The lowest BCUT2D eigenvalue weighted by molar-refractivity contribution is -0.155. The molecule has 0 aliphatic carbocycles. The third-order valence-electron chi connectivity index (χ3n) is 0.517. The number of esters is 1. The number of ether oxygens (including phenoxy) is 1. The molecule has 1 atom stereocenters. The smallest absolute Gasteiger partial charge is 0.349 e. The predicted octanol–water partition coefficient (Wildman–Crippen LogP) is 1.60. The molecule has 52 valence electrons. The molecule has 9 heavy (non-hydrogen) atoms. The number of hydrogen-bond acceptors (Lipinski definition) is 2. The van der Waals surface area contributed by atoms with E-state index >= 15 is 0 Å². The number of hydrogen-bond donors (Lipinski definition) is 0. The first-order valence-electron chi connectivity index (χ1n) is 2.19. The van der Waals surface area contributed by atoms with E-state index in [1.165, 1.54) is 0 Å². The largest absolute Gasteiger partial charge is 0.411 e. The Balaban J connectivity index is 3.86. The molecule has 2 nitrogen and oxygen atoms in total. The molecule has 0 radical (unpaired) electrons. The molecule has 0 N–H and O–H groups in total. The first-order chi connectivity index (χ1) is 3.98. The van der Waals surface area contributed by atoms with E-state index in [4.69, 9.17) is 11.6 Å². The van der Waals surface area contributed by atoms with Gasteiger partial charge in [-0.2, -0.15) is 4.39 Å². The van der Waals surface area contributed by atoms with Crippen LogP contribution in [0.2, 0.25) is 0 Å². The summed E-state index contributed by atoms with van der Waals surface area (Å²) in [5, 5.41) is -2.55. The zero-order valence-corrected chi connectivity index (χ0v) is 5.61. The minimum atomic E-state index is -2.55. The maximum Gasteiger partial charge on any atom is 0.349 e. The van der Waals surface area contributed by atoms with E-state index in [0.29, 0.717) is 6.08 Å². The first kappa shape index (κ1) is 8.43. The minimum Gasteiger partial charge on any atom is -0.411 e. The first-order valence-corrected chi connectivity index (χ1v) is 2.57. The molecule has 0 saturated heterocycles. The zero-order valence-electron chi connectivity index (χ0n) is 4.86. The molecule has 0 saturated carbocycles. The van der Waals surface area contributed by atoms with Gasteiger partial charge in [0.05, 0.1) is 0 Å². The van der Waals surface area contributed by atoms with Gasteiger partial charge in [-0.1, -0.05) is 6.58 Å². The van der Waals surface area contributed by atoms with E-state index in [9.17, 15) is 9.18 Å². The van der Waals surface area contributed by atoms with Crippen molar-refractivity contribution in [2.45, 2.75) is 12.2 Å². The van der Waals surface area contributed by atoms with Gasteiger partial charge in [0.15, 0.2) is 0 Å². The van der Waals surface area contributed by atoms with Crippen molar-refractivity contribution in [3.05, 3.63) is 12.7 Å². The summed E-state index contributed by atoms with van der Waals surface area (Å²) in [4.78, 5) is 10.0. The number of carbonyl (C=O) groups is 1. The van der Waals surface area contributed by atoms with Gasteiger partial charge in [0.1, 0.15) is 0 Å². The van der Waals surface area contributed by atoms with Crippen LogP contribution in [0.1, 0.15) is 6.92 Å². The Morgan fingerprint density at radius 2 is 2.44 bits per heavy atom. The molecular formula is C5H6ClFO2. The van der Waals surface area contributed by atoms with Gasteiger partial charge in [0.2, 0.25) is 0 Å². The van der Waals surface area contributed by atoms with Crippen LogP contribution in [0.4, 0.5) is 4.39 Å². The van der Waals surface area contributed by atoms with Gasteiger partial charge >= 0.3 is 11.3 Å². The van der Waals surface area contributed by atoms with Crippen molar-refractivity contribution in [1.29, 1.82) is 0 Å². The summed E-state index contributed by atoms with van der Waals surface area (Å²) in [5.74, 6) is -0.785. The monoisotopic (exact) mass is 152 g/mol. The fourth-order valence-electron chi connectivity index (χ4n) is 0.233. The number of carbonyl (C=O) groups excluding carboxylic acids is 1. The minimum absolute atomic E-state index is 0.690. The Kier molecular flexibility index (Phi) is 2.65. The highest BCUT2D eigenvalue weighted by Crippen LogP contribution is 2.19. The Hall–Kier alpha value is -0.570. The van der Waals surface area contributed by atoms with Crippen molar-refractivity contribution in [2.24, 2.45) is 0 Å². The van der Waals surface area contributed by atoms with Crippen molar-refractivity contribution < 1.29 is 13.9 Å². The van der Waals surface area contributed by atoms with Crippen LogP contribution < -0.4 is 0 Å². The fraction of sp³-hybridized carbons (Fsp3) is 0.400.